The summed E-state index contributed by atoms with van der Waals surface area (Å²) >= 11 is 1.13. The van der Waals surface area contributed by atoms with Crippen LogP contribution in [0.15, 0.2) is 36.4 Å². The predicted molar refractivity (Wildman–Crippen MR) is 133 cm³/mol. The van der Waals surface area contributed by atoms with Gasteiger partial charge in [-0.3, -0.25) is 10.2 Å². The van der Waals surface area contributed by atoms with Crippen LogP contribution in [0.1, 0.15) is 30.7 Å². The summed E-state index contributed by atoms with van der Waals surface area (Å²) in [4.78, 5) is 11.2. The van der Waals surface area contributed by atoms with E-state index in [1.807, 2.05) is 29.8 Å². The highest BCUT2D eigenvalue weighted by Crippen LogP contribution is 2.35. The van der Waals surface area contributed by atoms with Gasteiger partial charge in [0.1, 0.15) is 6.23 Å². The maximum absolute atomic E-state index is 13.0. The highest BCUT2D eigenvalue weighted by atomic mass is 32.1. The van der Waals surface area contributed by atoms with Crippen molar-refractivity contribution >= 4 is 43.7 Å². The first-order valence-corrected chi connectivity index (χ1v) is 12.4. The van der Waals surface area contributed by atoms with Gasteiger partial charge in [0.15, 0.2) is 5.13 Å². The van der Waals surface area contributed by atoms with E-state index in [1.54, 1.807) is 6.92 Å². The maximum atomic E-state index is 13.0. The van der Waals surface area contributed by atoms with Crippen molar-refractivity contribution in [2.45, 2.75) is 37.9 Å². The lowest BCUT2D eigenvalue weighted by Crippen LogP contribution is -2.37. The molecule has 12 heteroatoms. The number of benzene rings is 2. The Bertz CT molecular complexity index is 1390. The molecule has 0 radical (unpaired) electrons. The fourth-order valence-corrected chi connectivity index (χ4v) is 5.48. The Kier molecular flexibility index (Phi) is 6.64. The minimum Gasteiger partial charge on any atom is -0.392 e. The molecule has 4 aromatic rings. The molecule has 8 nitrogen and oxygen atoms in total. The Labute approximate surface area is 209 Å². The zero-order valence-electron chi connectivity index (χ0n) is 19.8. The molecule has 0 aliphatic carbocycles. The van der Waals surface area contributed by atoms with Gasteiger partial charge in [0.25, 0.3) is 0 Å². The summed E-state index contributed by atoms with van der Waals surface area (Å²) in [6.45, 7) is 4.00. The van der Waals surface area contributed by atoms with E-state index in [0.29, 0.717) is 38.9 Å². The zero-order chi connectivity index (χ0) is 25.6. The number of β-amino-alcohol motifs (C(OH)–C–C–N with tert-alkyl or cyclic N) is 1. The lowest BCUT2D eigenvalue weighted by atomic mass is 10.1. The quantitative estimate of drug-likeness (QED) is 0.274. The fourth-order valence-electron chi connectivity index (χ4n) is 4.58. The Morgan fingerprint density at radius 3 is 2.69 bits per heavy atom. The fraction of sp³-hybridized carbons (Fsp3) is 0.417. The first-order valence-electron chi connectivity index (χ1n) is 11.6. The number of nitrogens with one attached hydrogen (secondary N) is 2. The van der Waals surface area contributed by atoms with Gasteiger partial charge in [-0.15, -0.1) is 0 Å². The van der Waals surface area contributed by atoms with E-state index in [0.717, 1.165) is 48.5 Å². The van der Waals surface area contributed by atoms with Gasteiger partial charge in [-0.25, -0.2) is 9.97 Å². The third-order valence-electron chi connectivity index (χ3n) is 6.34. The molecule has 1 saturated heterocycles. The summed E-state index contributed by atoms with van der Waals surface area (Å²) in [6, 6.07) is 9.13. The second kappa shape index (κ2) is 9.60. The smallest absolute Gasteiger partial charge is 0.392 e. The molecule has 3 heterocycles. The van der Waals surface area contributed by atoms with Crippen LogP contribution >= 0.6 is 11.3 Å². The summed E-state index contributed by atoms with van der Waals surface area (Å²) in [5, 5.41) is 27.1. The van der Waals surface area contributed by atoms with Crippen LogP contribution in [0, 0.1) is 0 Å². The number of alkyl halides is 3. The molecule has 3 atom stereocenters. The van der Waals surface area contributed by atoms with Gasteiger partial charge in [-0.2, -0.15) is 13.2 Å². The first kappa shape index (κ1) is 24.9. The van der Waals surface area contributed by atoms with E-state index in [1.165, 1.54) is 6.07 Å². The lowest BCUT2D eigenvalue weighted by Gasteiger charge is -2.20. The van der Waals surface area contributed by atoms with Crippen molar-refractivity contribution in [3.63, 3.8) is 0 Å². The highest BCUT2D eigenvalue weighted by molar-refractivity contribution is 7.22. The number of halogens is 3. The third-order valence-corrected chi connectivity index (χ3v) is 7.28. The molecule has 5 rings (SSSR count). The van der Waals surface area contributed by atoms with Crippen LogP contribution in [0.2, 0.25) is 0 Å². The third kappa shape index (κ3) is 5.18. The molecule has 4 N–H and O–H groups in total. The monoisotopic (exact) mass is 520 g/mol. The van der Waals surface area contributed by atoms with Crippen molar-refractivity contribution < 1.29 is 23.4 Å². The van der Waals surface area contributed by atoms with Gasteiger partial charge in [-0.1, -0.05) is 17.4 Å². The van der Waals surface area contributed by atoms with E-state index < -0.39 is 18.0 Å². The van der Waals surface area contributed by atoms with Crippen LogP contribution in [0.5, 0.6) is 0 Å². The molecule has 2 aromatic carbocycles. The van der Waals surface area contributed by atoms with Crippen LogP contribution in [-0.2, 0) is 13.2 Å². The van der Waals surface area contributed by atoms with E-state index in [9.17, 15) is 23.4 Å². The Morgan fingerprint density at radius 2 is 1.94 bits per heavy atom. The average molecular weight is 521 g/mol. The summed E-state index contributed by atoms with van der Waals surface area (Å²) in [5.41, 5.74) is 1.95. The summed E-state index contributed by atoms with van der Waals surface area (Å²) in [5.74, 6) is 0.490. The number of thiazole rings is 1. The molecule has 1 aliphatic rings. The number of aryl methyl sites for hydroxylation is 1. The SMILES string of the molecule is C[C@@H](O)CN1CC[C@@H](NC(O)c2ccc3c(c2)nc(Nc2nc4ccc(C(F)(F)F)cc4s2)n3C)C1. The molecule has 36 heavy (non-hydrogen) atoms. The Morgan fingerprint density at radius 1 is 1.14 bits per heavy atom. The molecule has 2 aromatic heterocycles. The summed E-state index contributed by atoms with van der Waals surface area (Å²) < 4.78 is 41.3. The molecule has 1 aliphatic heterocycles. The van der Waals surface area contributed by atoms with E-state index in [-0.39, 0.29) is 12.1 Å². The van der Waals surface area contributed by atoms with E-state index in [2.05, 4.69) is 25.5 Å². The van der Waals surface area contributed by atoms with Crippen LogP contribution < -0.4 is 10.6 Å². The molecule has 0 spiro atoms. The maximum Gasteiger partial charge on any atom is 0.416 e. The first-order chi connectivity index (χ1) is 17.1. The van der Waals surface area contributed by atoms with Crippen LogP contribution in [0.4, 0.5) is 24.3 Å². The van der Waals surface area contributed by atoms with Crippen molar-refractivity contribution in [1.29, 1.82) is 0 Å². The van der Waals surface area contributed by atoms with Crippen LogP contribution in [0.25, 0.3) is 21.3 Å². The van der Waals surface area contributed by atoms with Crippen LogP contribution in [0.3, 0.4) is 0 Å². The zero-order valence-corrected chi connectivity index (χ0v) is 20.6. The minimum absolute atomic E-state index is 0.118. The van der Waals surface area contributed by atoms with Crippen molar-refractivity contribution in [2.75, 3.05) is 25.0 Å². The average Bonchev–Trinajstić information content (AvgIpc) is 3.49. The summed E-state index contributed by atoms with van der Waals surface area (Å²) in [6.07, 6.45) is -4.77. The molecule has 0 amide bonds. The second-order valence-electron chi connectivity index (χ2n) is 9.23. The van der Waals surface area contributed by atoms with Gasteiger partial charge >= 0.3 is 6.18 Å². The van der Waals surface area contributed by atoms with Crippen molar-refractivity contribution in [3.8, 4) is 0 Å². The largest absolute Gasteiger partial charge is 0.416 e. The number of hydrogen-bond donors (Lipinski definition) is 4. The number of rotatable bonds is 7. The van der Waals surface area contributed by atoms with Crippen LogP contribution in [-0.4, -0.2) is 61.4 Å². The van der Waals surface area contributed by atoms with Crippen molar-refractivity contribution in [1.82, 2.24) is 24.8 Å². The lowest BCUT2D eigenvalue weighted by molar-refractivity contribution is -0.137. The highest BCUT2D eigenvalue weighted by Gasteiger charge is 2.31. The van der Waals surface area contributed by atoms with Gasteiger partial charge < -0.3 is 20.1 Å². The number of aliphatic hydroxyl groups is 2. The number of nitrogens with zero attached hydrogens (tertiary/aromatic N) is 4. The molecule has 192 valence electrons. The standard InChI is InChI=1S/C24H27F3N6O2S/c1-13(34)11-33-8-7-16(12-33)28-21(35)14-3-6-19-18(9-14)29-22(32(19)2)31-23-30-17-5-4-15(24(25,26)27)10-20(17)36-23/h3-6,9-10,13,16,21,28,34-35H,7-8,11-12H2,1-2H3,(H,29,30,31)/t13-,16-,21?/m1/s1. The number of aromatic nitrogens is 3. The summed E-state index contributed by atoms with van der Waals surface area (Å²) in [7, 11) is 1.83. The van der Waals surface area contributed by atoms with E-state index in [4.69, 9.17) is 0 Å². The predicted octanol–water partition coefficient (Wildman–Crippen LogP) is 3.98. The molecular weight excluding hydrogens is 493 g/mol. The molecule has 0 bridgehead atoms. The second-order valence-corrected chi connectivity index (χ2v) is 10.3. The van der Waals surface area contributed by atoms with Gasteiger partial charge in [0.2, 0.25) is 5.95 Å². The van der Waals surface area contributed by atoms with E-state index >= 15 is 0 Å². The van der Waals surface area contributed by atoms with Gasteiger partial charge in [0.05, 0.1) is 32.9 Å². The topological polar surface area (TPSA) is 98.5 Å². The normalized spacial score (nSPS) is 18.8. The molecular formula is C24H27F3N6O2S. The number of anilines is 2. The minimum atomic E-state index is -4.41. The number of hydrogen-bond acceptors (Lipinski definition) is 8. The van der Waals surface area contributed by atoms with Crippen molar-refractivity contribution in [3.05, 3.63) is 47.5 Å². The number of likely N-dealkylation sites (tertiary alicyclic amines) is 1. The molecule has 0 saturated carbocycles. The van der Waals surface area contributed by atoms with Crippen molar-refractivity contribution in [2.24, 2.45) is 7.05 Å². The number of fused-ring (bicyclic) bond motifs is 2. The number of imidazole rings is 1. The molecule has 1 fully saturated rings. The van der Waals surface area contributed by atoms with Gasteiger partial charge in [0, 0.05) is 26.2 Å². The number of aliphatic hydroxyl groups excluding tert-OH is 2. The van der Waals surface area contributed by atoms with Gasteiger partial charge in [-0.05, 0) is 55.8 Å². The molecule has 1 unspecified atom stereocenters. The Balaban J connectivity index is 1.31. The Hall–Kier alpha value is -2.77.